The molecule has 0 saturated carbocycles. The number of benzene rings is 2. The van der Waals surface area contributed by atoms with Gasteiger partial charge in [-0.1, -0.05) is 45.6 Å². The highest BCUT2D eigenvalue weighted by Crippen LogP contribution is 2.14. The Balaban J connectivity index is 1.82. The minimum atomic E-state index is -0.315. The van der Waals surface area contributed by atoms with E-state index in [1.807, 2.05) is 13.8 Å². The van der Waals surface area contributed by atoms with Gasteiger partial charge in [0.2, 0.25) is 0 Å². The average Bonchev–Trinajstić information content (AvgIpc) is 2.81. The van der Waals surface area contributed by atoms with Gasteiger partial charge in [0, 0.05) is 22.9 Å². The number of hydrogen-bond acceptors (Lipinski definition) is 4. The molecule has 6 nitrogen and oxygen atoms in total. The van der Waals surface area contributed by atoms with E-state index in [9.17, 15) is 9.59 Å². The number of hydrogen-bond donors (Lipinski definition) is 3. The number of amides is 2. The predicted octanol–water partition coefficient (Wildman–Crippen LogP) is 5.69. The molecule has 178 valence electrons. The number of anilines is 1. The average molecular weight is 470 g/mol. The summed E-state index contributed by atoms with van der Waals surface area (Å²) in [6, 6.07) is 14.1. The van der Waals surface area contributed by atoms with Crippen LogP contribution in [0, 0.1) is 0 Å². The Bertz CT molecular complexity index is 915. The van der Waals surface area contributed by atoms with Crippen LogP contribution in [-0.4, -0.2) is 29.6 Å². The third kappa shape index (κ3) is 9.61. The zero-order chi connectivity index (χ0) is 24.1. The van der Waals surface area contributed by atoms with E-state index in [1.165, 1.54) is 25.7 Å². The lowest BCUT2D eigenvalue weighted by Crippen LogP contribution is -2.34. The highest BCUT2D eigenvalue weighted by Gasteiger charge is 2.11. The quantitative estimate of drug-likeness (QED) is 0.275. The van der Waals surface area contributed by atoms with Crippen LogP contribution in [0.25, 0.3) is 0 Å². The number of carbonyl (C=O) groups is 2. The Hall–Kier alpha value is -2.93. The van der Waals surface area contributed by atoms with Crippen molar-refractivity contribution in [3.63, 3.8) is 0 Å². The Morgan fingerprint density at radius 1 is 0.939 bits per heavy atom. The van der Waals surface area contributed by atoms with Crippen LogP contribution in [0.5, 0.6) is 5.75 Å². The van der Waals surface area contributed by atoms with Gasteiger partial charge in [0.1, 0.15) is 5.75 Å². The van der Waals surface area contributed by atoms with E-state index < -0.39 is 0 Å². The summed E-state index contributed by atoms with van der Waals surface area (Å²) in [5, 5.41) is 8.71. The summed E-state index contributed by atoms with van der Waals surface area (Å²) in [5.74, 6) is 0.283. The standard InChI is InChI=1S/C26H35N3O3S/c1-4-6-7-8-9-17-32-23-15-13-20(14-16-23)24(30)29-26(33)28-22-12-10-11-21(18-22)25(31)27-19(3)5-2/h10-16,18-19H,4-9,17H2,1-3H3,(H,27,31)(H2,28,29,30,33). The molecule has 7 heteroatoms. The van der Waals surface area contributed by atoms with Gasteiger partial charge in [-0.3, -0.25) is 14.9 Å². The van der Waals surface area contributed by atoms with Gasteiger partial charge in [-0.25, -0.2) is 0 Å². The number of carbonyl (C=O) groups excluding carboxylic acids is 2. The fourth-order valence-electron chi connectivity index (χ4n) is 3.08. The molecule has 2 rings (SSSR count). The third-order valence-electron chi connectivity index (χ3n) is 5.23. The van der Waals surface area contributed by atoms with Crippen LogP contribution in [0.15, 0.2) is 48.5 Å². The summed E-state index contributed by atoms with van der Waals surface area (Å²) >= 11 is 5.27. The van der Waals surface area contributed by atoms with E-state index >= 15 is 0 Å². The van der Waals surface area contributed by atoms with Gasteiger partial charge in [-0.2, -0.15) is 0 Å². The Morgan fingerprint density at radius 3 is 2.36 bits per heavy atom. The molecular formula is C26H35N3O3S. The lowest BCUT2D eigenvalue weighted by molar-refractivity contribution is 0.0937. The highest BCUT2D eigenvalue weighted by atomic mass is 32.1. The summed E-state index contributed by atoms with van der Waals surface area (Å²) in [7, 11) is 0. The zero-order valence-corrected chi connectivity index (χ0v) is 20.6. The molecule has 0 aliphatic carbocycles. The van der Waals surface area contributed by atoms with Crippen LogP contribution in [0.4, 0.5) is 5.69 Å². The Kier molecular flexibility index (Phi) is 11.4. The first-order valence-corrected chi connectivity index (χ1v) is 12.1. The number of ether oxygens (including phenoxy) is 1. The van der Waals surface area contributed by atoms with Crippen molar-refractivity contribution in [2.24, 2.45) is 0 Å². The molecule has 2 aromatic rings. The van der Waals surface area contributed by atoms with E-state index in [1.54, 1.807) is 48.5 Å². The predicted molar refractivity (Wildman–Crippen MR) is 138 cm³/mol. The minimum Gasteiger partial charge on any atom is -0.494 e. The van der Waals surface area contributed by atoms with Gasteiger partial charge in [-0.15, -0.1) is 0 Å². The fraction of sp³-hybridized carbons (Fsp3) is 0.423. The molecule has 2 amide bonds. The van der Waals surface area contributed by atoms with Crippen molar-refractivity contribution >= 4 is 34.8 Å². The largest absolute Gasteiger partial charge is 0.494 e. The fourth-order valence-corrected chi connectivity index (χ4v) is 3.29. The van der Waals surface area contributed by atoms with Gasteiger partial charge in [0.05, 0.1) is 6.61 Å². The lowest BCUT2D eigenvalue weighted by Gasteiger charge is -2.13. The molecule has 0 fully saturated rings. The van der Waals surface area contributed by atoms with Crippen LogP contribution >= 0.6 is 12.2 Å². The second-order valence-corrected chi connectivity index (χ2v) is 8.47. The first kappa shape index (κ1) is 26.3. The van der Waals surface area contributed by atoms with E-state index in [4.69, 9.17) is 17.0 Å². The molecule has 0 saturated heterocycles. The maximum Gasteiger partial charge on any atom is 0.257 e. The highest BCUT2D eigenvalue weighted by molar-refractivity contribution is 7.80. The van der Waals surface area contributed by atoms with Crippen LogP contribution in [0.3, 0.4) is 0 Å². The maximum absolute atomic E-state index is 12.5. The molecule has 0 aliphatic rings. The second-order valence-electron chi connectivity index (χ2n) is 8.06. The van der Waals surface area contributed by atoms with Gasteiger partial charge in [-0.05, 0) is 74.4 Å². The lowest BCUT2D eigenvalue weighted by atomic mass is 10.1. The van der Waals surface area contributed by atoms with E-state index in [0.717, 1.165) is 18.6 Å². The van der Waals surface area contributed by atoms with E-state index in [-0.39, 0.29) is 23.0 Å². The Labute approximate surface area is 202 Å². The van der Waals surface area contributed by atoms with Crippen molar-refractivity contribution in [2.75, 3.05) is 11.9 Å². The number of thiocarbonyl (C=S) groups is 1. The van der Waals surface area contributed by atoms with Crippen molar-refractivity contribution < 1.29 is 14.3 Å². The van der Waals surface area contributed by atoms with Gasteiger partial charge in [0.25, 0.3) is 11.8 Å². The molecule has 0 bridgehead atoms. The first-order valence-electron chi connectivity index (χ1n) is 11.7. The summed E-state index contributed by atoms with van der Waals surface area (Å²) in [6.45, 7) is 6.85. The van der Waals surface area contributed by atoms with Gasteiger partial charge in [0.15, 0.2) is 5.11 Å². The van der Waals surface area contributed by atoms with Crippen molar-refractivity contribution in [1.29, 1.82) is 0 Å². The monoisotopic (exact) mass is 469 g/mol. The molecule has 1 atom stereocenters. The minimum absolute atomic E-state index is 0.0945. The van der Waals surface area contributed by atoms with E-state index in [2.05, 4.69) is 22.9 Å². The molecule has 0 aliphatic heterocycles. The van der Waals surface area contributed by atoms with Crippen LogP contribution in [-0.2, 0) is 0 Å². The molecule has 0 aromatic heterocycles. The van der Waals surface area contributed by atoms with Crippen molar-refractivity contribution in [2.45, 2.75) is 65.3 Å². The summed E-state index contributed by atoms with van der Waals surface area (Å²) in [6.07, 6.45) is 6.78. The normalized spacial score (nSPS) is 11.4. The topological polar surface area (TPSA) is 79.5 Å². The zero-order valence-electron chi connectivity index (χ0n) is 19.8. The molecule has 0 heterocycles. The molecule has 3 N–H and O–H groups in total. The number of unbranched alkanes of at least 4 members (excludes halogenated alkanes) is 4. The van der Waals surface area contributed by atoms with Gasteiger partial charge < -0.3 is 15.4 Å². The van der Waals surface area contributed by atoms with Crippen molar-refractivity contribution in [3.8, 4) is 5.75 Å². The first-order chi connectivity index (χ1) is 15.9. The molecule has 1 unspecified atom stereocenters. The molecule has 0 spiro atoms. The molecular weight excluding hydrogens is 434 g/mol. The van der Waals surface area contributed by atoms with Crippen LogP contribution in [0.2, 0.25) is 0 Å². The van der Waals surface area contributed by atoms with Gasteiger partial charge >= 0.3 is 0 Å². The molecule has 2 aromatic carbocycles. The Morgan fingerprint density at radius 2 is 1.67 bits per heavy atom. The van der Waals surface area contributed by atoms with Crippen LogP contribution in [0.1, 0.15) is 80.0 Å². The van der Waals surface area contributed by atoms with Crippen molar-refractivity contribution in [1.82, 2.24) is 10.6 Å². The smallest absolute Gasteiger partial charge is 0.257 e. The SMILES string of the molecule is CCCCCCCOc1ccc(C(=O)NC(=S)Nc2cccc(C(=O)NC(C)CC)c2)cc1. The summed E-state index contributed by atoms with van der Waals surface area (Å²) < 4.78 is 5.74. The second kappa shape index (κ2) is 14.3. The maximum atomic E-state index is 12.5. The number of rotatable bonds is 12. The molecule has 0 radical (unpaired) electrons. The van der Waals surface area contributed by atoms with Crippen molar-refractivity contribution in [3.05, 3.63) is 59.7 Å². The van der Waals surface area contributed by atoms with Crippen LogP contribution < -0.4 is 20.7 Å². The molecule has 33 heavy (non-hydrogen) atoms. The summed E-state index contributed by atoms with van der Waals surface area (Å²) in [4.78, 5) is 24.8. The third-order valence-corrected chi connectivity index (χ3v) is 5.44. The van der Waals surface area contributed by atoms with E-state index in [0.29, 0.717) is 23.4 Å². The number of nitrogens with one attached hydrogen (secondary N) is 3. The summed E-state index contributed by atoms with van der Waals surface area (Å²) in [5.41, 5.74) is 1.63.